The molecule has 1 saturated carbocycles. The van der Waals surface area contributed by atoms with E-state index in [4.69, 9.17) is 4.74 Å². The van der Waals surface area contributed by atoms with Gasteiger partial charge in [0.1, 0.15) is 5.75 Å². The van der Waals surface area contributed by atoms with Crippen molar-refractivity contribution in [3.05, 3.63) is 47.3 Å². The largest absolute Gasteiger partial charge is 0.494 e. The van der Waals surface area contributed by atoms with E-state index in [0.717, 1.165) is 30.2 Å². The zero-order valence-corrected chi connectivity index (χ0v) is 15.1. The number of aromatic nitrogens is 2. The highest BCUT2D eigenvalue weighted by molar-refractivity contribution is 5.78. The molecule has 8 heteroatoms. The maximum Gasteiger partial charge on any atom is 0.435 e. The average molecular weight is 381 g/mol. The van der Waals surface area contributed by atoms with E-state index in [0.29, 0.717) is 12.3 Å². The van der Waals surface area contributed by atoms with Crippen molar-refractivity contribution in [2.75, 3.05) is 13.2 Å². The molecule has 0 aliphatic heterocycles. The van der Waals surface area contributed by atoms with Gasteiger partial charge in [-0.1, -0.05) is 12.1 Å². The number of nitrogens with one attached hydrogen (secondary N) is 1. The summed E-state index contributed by atoms with van der Waals surface area (Å²) in [7, 11) is 0. The van der Waals surface area contributed by atoms with Crippen LogP contribution in [0.5, 0.6) is 5.75 Å². The van der Waals surface area contributed by atoms with Gasteiger partial charge in [0, 0.05) is 18.2 Å². The molecule has 0 atom stereocenters. The Morgan fingerprint density at radius 3 is 2.59 bits per heavy atom. The van der Waals surface area contributed by atoms with Crippen LogP contribution in [0.2, 0.25) is 0 Å². The van der Waals surface area contributed by atoms with Crippen molar-refractivity contribution in [3.63, 3.8) is 0 Å². The van der Waals surface area contributed by atoms with E-state index in [-0.39, 0.29) is 31.3 Å². The molecular weight excluding hydrogens is 359 g/mol. The van der Waals surface area contributed by atoms with Crippen LogP contribution in [0.3, 0.4) is 0 Å². The maximum absolute atomic E-state index is 12.9. The Kier molecular flexibility index (Phi) is 5.72. The summed E-state index contributed by atoms with van der Waals surface area (Å²) in [6.45, 7) is 2.92. The number of amides is 1. The Morgan fingerprint density at radius 2 is 2.00 bits per heavy atom. The van der Waals surface area contributed by atoms with Crippen LogP contribution >= 0.6 is 0 Å². The number of nitrogens with zero attached hydrogens (tertiary/aromatic N) is 2. The number of rotatable bonds is 8. The SMILES string of the molecule is CCOc1ccc(CC(=O)NCCn2nc(C(F)(F)F)cc2C2CC2)cc1. The molecular formula is C19H22F3N3O2. The van der Waals surface area contributed by atoms with Crippen LogP contribution in [0.1, 0.15) is 42.6 Å². The lowest BCUT2D eigenvalue weighted by Crippen LogP contribution is -2.29. The summed E-state index contributed by atoms with van der Waals surface area (Å²) in [6.07, 6.45) is -2.49. The second-order valence-corrected chi connectivity index (χ2v) is 6.55. The lowest BCUT2D eigenvalue weighted by molar-refractivity contribution is -0.141. The van der Waals surface area contributed by atoms with Gasteiger partial charge in [-0.3, -0.25) is 9.48 Å². The van der Waals surface area contributed by atoms with Crippen molar-refractivity contribution in [1.29, 1.82) is 0 Å². The molecule has 1 aliphatic carbocycles. The Bertz CT molecular complexity index is 780. The molecule has 0 spiro atoms. The van der Waals surface area contributed by atoms with Gasteiger partial charge in [0.15, 0.2) is 5.69 Å². The zero-order chi connectivity index (χ0) is 19.4. The third-order valence-electron chi connectivity index (χ3n) is 4.34. The minimum atomic E-state index is -4.45. The van der Waals surface area contributed by atoms with E-state index < -0.39 is 11.9 Å². The molecule has 0 radical (unpaired) electrons. The lowest BCUT2D eigenvalue weighted by Gasteiger charge is -2.09. The molecule has 27 heavy (non-hydrogen) atoms. The third kappa shape index (κ3) is 5.24. The molecule has 146 valence electrons. The highest BCUT2D eigenvalue weighted by Gasteiger charge is 2.37. The maximum atomic E-state index is 12.9. The average Bonchev–Trinajstić information content (AvgIpc) is 3.36. The van der Waals surface area contributed by atoms with E-state index in [9.17, 15) is 18.0 Å². The third-order valence-corrected chi connectivity index (χ3v) is 4.34. The van der Waals surface area contributed by atoms with Crippen molar-refractivity contribution in [2.45, 2.75) is 44.8 Å². The van der Waals surface area contributed by atoms with E-state index in [1.54, 1.807) is 12.1 Å². The Labute approximate surface area is 155 Å². The number of hydrogen-bond acceptors (Lipinski definition) is 3. The molecule has 1 aliphatic rings. The van der Waals surface area contributed by atoms with Crippen molar-refractivity contribution < 1.29 is 22.7 Å². The summed E-state index contributed by atoms with van der Waals surface area (Å²) < 4.78 is 45.4. The van der Waals surface area contributed by atoms with Gasteiger partial charge >= 0.3 is 6.18 Å². The quantitative estimate of drug-likeness (QED) is 0.761. The van der Waals surface area contributed by atoms with Crippen LogP contribution in [0.25, 0.3) is 0 Å². The van der Waals surface area contributed by atoms with Gasteiger partial charge < -0.3 is 10.1 Å². The first kappa shape index (κ1) is 19.3. The standard InChI is InChI=1S/C19H22F3N3O2/c1-2-27-15-7-3-13(4-8-15)11-18(26)23-9-10-25-16(14-5-6-14)12-17(24-25)19(20,21)22/h3-4,7-8,12,14H,2,5-6,9-11H2,1H3,(H,23,26). The minimum Gasteiger partial charge on any atom is -0.494 e. The molecule has 1 aromatic carbocycles. The molecule has 1 aromatic heterocycles. The van der Waals surface area contributed by atoms with E-state index >= 15 is 0 Å². The van der Waals surface area contributed by atoms with Gasteiger partial charge in [-0.15, -0.1) is 0 Å². The normalized spacial score (nSPS) is 14.2. The van der Waals surface area contributed by atoms with Crippen LogP contribution in [0.15, 0.2) is 30.3 Å². The van der Waals surface area contributed by atoms with E-state index in [1.165, 1.54) is 4.68 Å². The van der Waals surface area contributed by atoms with Crippen LogP contribution in [-0.2, 0) is 23.9 Å². The van der Waals surface area contributed by atoms with Crippen molar-refractivity contribution >= 4 is 5.91 Å². The summed E-state index contributed by atoms with van der Waals surface area (Å²) >= 11 is 0. The van der Waals surface area contributed by atoms with Crippen molar-refractivity contribution in [3.8, 4) is 5.75 Å². The Morgan fingerprint density at radius 1 is 1.30 bits per heavy atom. The van der Waals surface area contributed by atoms with Crippen molar-refractivity contribution in [2.24, 2.45) is 0 Å². The predicted molar refractivity (Wildman–Crippen MR) is 93.5 cm³/mol. The molecule has 1 heterocycles. The first-order valence-electron chi connectivity index (χ1n) is 9.00. The Balaban J connectivity index is 1.52. The number of alkyl halides is 3. The zero-order valence-electron chi connectivity index (χ0n) is 15.1. The lowest BCUT2D eigenvalue weighted by atomic mass is 10.1. The molecule has 3 rings (SSSR count). The number of carbonyl (C=O) groups excluding carboxylic acids is 1. The molecule has 0 saturated heterocycles. The summed E-state index contributed by atoms with van der Waals surface area (Å²) in [4.78, 5) is 12.1. The molecule has 0 unspecified atom stereocenters. The van der Waals surface area contributed by atoms with Gasteiger partial charge in [0.25, 0.3) is 0 Å². The number of hydrogen-bond donors (Lipinski definition) is 1. The fraction of sp³-hybridized carbons (Fsp3) is 0.474. The Hall–Kier alpha value is -2.51. The first-order chi connectivity index (χ1) is 12.9. The summed E-state index contributed by atoms with van der Waals surface area (Å²) in [5.41, 5.74) is 0.571. The monoisotopic (exact) mass is 381 g/mol. The fourth-order valence-electron chi connectivity index (χ4n) is 2.88. The summed E-state index contributed by atoms with van der Waals surface area (Å²) in [6, 6.07) is 8.37. The number of halogens is 3. The second kappa shape index (κ2) is 8.02. The van der Waals surface area contributed by atoms with Crippen LogP contribution in [0, 0.1) is 0 Å². The fourth-order valence-corrected chi connectivity index (χ4v) is 2.88. The summed E-state index contributed by atoms with van der Waals surface area (Å²) in [5.74, 6) is 0.705. The van der Waals surface area contributed by atoms with E-state index in [1.807, 2.05) is 19.1 Å². The predicted octanol–water partition coefficient (Wildman–Crippen LogP) is 3.54. The summed E-state index contributed by atoms with van der Waals surface area (Å²) in [5, 5.41) is 6.42. The van der Waals surface area contributed by atoms with Crippen LogP contribution in [-0.4, -0.2) is 28.8 Å². The molecule has 1 amide bonds. The molecule has 0 bridgehead atoms. The number of ether oxygens (including phenoxy) is 1. The van der Waals surface area contributed by atoms with Crippen molar-refractivity contribution in [1.82, 2.24) is 15.1 Å². The number of carbonyl (C=O) groups is 1. The minimum absolute atomic E-state index is 0.146. The van der Waals surface area contributed by atoms with Crippen LogP contribution in [0.4, 0.5) is 13.2 Å². The second-order valence-electron chi connectivity index (χ2n) is 6.55. The molecule has 1 fully saturated rings. The highest BCUT2D eigenvalue weighted by Crippen LogP contribution is 2.42. The topological polar surface area (TPSA) is 56.1 Å². The first-order valence-corrected chi connectivity index (χ1v) is 9.00. The van der Waals surface area contributed by atoms with Gasteiger partial charge in [-0.05, 0) is 43.5 Å². The molecule has 2 aromatic rings. The van der Waals surface area contributed by atoms with Gasteiger partial charge in [-0.25, -0.2) is 0 Å². The molecule has 1 N–H and O–H groups in total. The van der Waals surface area contributed by atoms with E-state index in [2.05, 4.69) is 10.4 Å². The molecule has 5 nitrogen and oxygen atoms in total. The smallest absolute Gasteiger partial charge is 0.435 e. The highest BCUT2D eigenvalue weighted by atomic mass is 19.4. The van der Waals surface area contributed by atoms with Gasteiger partial charge in [0.2, 0.25) is 5.91 Å². The number of benzene rings is 1. The van der Waals surface area contributed by atoms with Gasteiger partial charge in [0.05, 0.1) is 19.6 Å². The van der Waals surface area contributed by atoms with Gasteiger partial charge in [-0.2, -0.15) is 18.3 Å². The van der Waals surface area contributed by atoms with Crippen LogP contribution < -0.4 is 10.1 Å².